The molecule has 3 fully saturated rings. The average molecular weight is 451 g/mol. The van der Waals surface area contributed by atoms with Gasteiger partial charge in [0.2, 0.25) is 23.6 Å². The van der Waals surface area contributed by atoms with Crippen molar-refractivity contribution < 1.29 is 28.7 Å². The van der Waals surface area contributed by atoms with Gasteiger partial charge in [-0.1, -0.05) is 19.3 Å². The quantitative estimate of drug-likeness (QED) is 0.346. The second-order valence-electron chi connectivity index (χ2n) is 8.95. The van der Waals surface area contributed by atoms with Crippen LogP contribution in [0.5, 0.6) is 0 Å². The normalized spacial score (nSPS) is 31.1. The molecule has 3 saturated heterocycles. The number of rotatable bonds is 8. The molecule has 3 rings (SSSR count). The minimum Gasteiger partial charge on any atom is -0.365 e. The summed E-state index contributed by atoms with van der Waals surface area (Å²) in [5.74, 6) is -1.33. The highest BCUT2D eigenvalue weighted by molar-refractivity contribution is 5.97. The van der Waals surface area contributed by atoms with Crippen molar-refractivity contribution in [3.63, 3.8) is 0 Å². The van der Waals surface area contributed by atoms with Gasteiger partial charge >= 0.3 is 0 Å². The van der Waals surface area contributed by atoms with Gasteiger partial charge in [0.25, 0.3) is 0 Å². The van der Waals surface area contributed by atoms with E-state index in [2.05, 4.69) is 16.0 Å². The van der Waals surface area contributed by atoms with Crippen molar-refractivity contribution in [1.82, 2.24) is 20.9 Å². The number of Topliss-reactive ketones (excluding diaryl/α,β-unsaturated/α-hetero) is 1. The number of ketones is 1. The third-order valence-electron chi connectivity index (χ3n) is 6.32. The maximum absolute atomic E-state index is 13.3. The highest BCUT2D eigenvalue weighted by atomic mass is 16.6. The van der Waals surface area contributed by atoms with Crippen LogP contribution in [0.1, 0.15) is 65.2 Å². The van der Waals surface area contributed by atoms with E-state index in [9.17, 15) is 24.0 Å². The van der Waals surface area contributed by atoms with Crippen LogP contribution < -0.4 is 16.0 Å². The number of hydrogen-bond donors (Lipinski definition) is 3. The van der Waals surface area contributed by atoms with E-state index in [1.807, 2.05) is 0 Å². The van der Waals surface area contributed by atoms with E-state index < -0.39 is 36.0 Å². The molecule has 3 aliphatic heterocycles. The molecule has 32 heavy (non-hydrogen) atoms. The molecule has 4 amide bonds. The molecular formula is C22H34N4O6. The summed E-state index contributed by atoms with van der Waals surface area (Å²) in [6.07, 6.45) is 5.12. The Balaban J connectivity index is 1.60. The lowest BCUT2D eigenvalue weighted by atomic mass is 10.0. The summed E-state index contributed by atoms with van der Waals surface area (Å²) >= 11 is 0. The number of fused-ring (bicyclic) bond motifs is 1. The first-order valence-electron chi connectivity index (χ1n) is 11.6. The minimum atomic E-state index is -0.832. The predicted octanol–water partition coefficient (Wildman–Crippen LogP) is -0.206. The molecule has 178 valence electrons. The summed E-state index contributed by atoms with van der Waals surface area (Å²) in [6, 6.07) is -3.02. The minimum absolute atomic E-state index is 0.149. The summed E-state index contributed by atoms with van der Waals surface area (Å²) < 4.78 is 4.98. The van der Waals surface area contributed by atoms with Crippen molar-refractivity contribution in [3.8, 4) is 0 Å². The zero-order chi connectivity index (χ0) is 23.3. The number of unbranched alkanes of at least 4 members (excludes halogenated alkanes) is 3. The molecule has 0 saturated carbocycles. The van der Waals surface area contributed by atoms with Crippen LogP contribution in [0.15, 0.2) is 0 Å². The standard InChI is InChI=1S/C22H34N4O6/c1-13-19(28)23-14(2)20(29)25-15(8-5-3-4-6-10-17(27)18-12-32-18)22(31)26-11-7-9-16(26)21(30)24-13/h13-16,18H,3-12H2,1-2H3,(H,23,28)(H,24,30)(H,25,29). The van der Waals surface area contributed by atoms with Gasteiger partial charge in [0.1, 0.15) is 30.3 Å². The van der Waals surface area contributed by atoms with Crippen LogP contribution in [0.25, 0.3) is 0 Å². The fraction of sp³-hybridized carbons (Fsp3) is 0.773. The Labute approximate surface area is 188 Å². The molecular weight excluding hydrogens is 416 g/mol. The van der Waals surface area contributed by atoms with Crippen LogP contribution in [-0.2, 0) is 28.7 Å². The van der Waals surface area contributed by atoms with Gasteiger partial charge in [-0.15, -0.1) is 0 Å². The van der Waals surface area contributed by atoms with Gasteiger partial charge in [-0.2, -0.15) is 0 Å². The second-order valence-corrected chi connectivity index (χ2v) is 8.95. The average Bonchev–Trinajstić information content (AvgIpc) is 3.49. The van der Waals surface area contributed by atoms with Gasteiger partial charge in [-0.05, 0) is 39.5 Å². The lowest BCUT2D eigenvalue weighted by molar-refractivity contribution is -0.143. The van der Waals surface area contributed by atoms with Gasteiger partial charge in [0, 0.05) is 13.0 Å². The fourth-order valence-corrected chi connectivity index (χ4v) is 4.23. The number of carbonyl (C=O) groups excluding carboxylic acids is 5. The van der Waals surface area contributed by atoms with Crippen LogP contribution in [-0.4, -0.2) is 77.7 Å². The molecule has 5 atom stereocenters. The first-order chi connectivity index (χ1) is 15.3. The van der Waals surface area contributed by atoms with Crippen molar-refractivity contribution in [2.45, 2.75) is 95.5 Å². The first kappa shape index (κ1) is 24.2. The van der Waals surface area contributed by atoms with Crippen LogP contribution in [0.3, 0.4) is 0 Å². The van der Waals surface area contributed by atoms with E-state index in [1.54, 1.807) is 13.8 Å². The van der Waals surface area contributed by atoms with Gasteiger partial charge < -0.3 is 25.6 Å². The molecule has 3 heterocycles. The van der Waals surface area contributed by atoms with Gasteiger partial charge in [-0.3, -0.25) is 24.0 Å². The fourth-order valence-electron chi connectivity index (χ4n) is 4.23. The van der Waals surface area contributed by atoms with Crippen molar-refractivity contribution in [1.29, 1.82) is 0 Å². The van der Waals surface area contributed by atoms with E-state index in [-0.39, 0.29) is 23.7 Å². The van der Waals surface area contributed by atoms with Gasteiger partial charge in [0.15, 0.2) is 5.78 Å². The molecule has 0 aromatic heterocycles. The largest absolute Gasteiger partial charge is 0.365 e. The van der Waals surface area contributed by atoms with Crippen LogP contribution in [0.2, 0.25) is 0 Å². The smallest absolute Gasteiger partial charge is 0.245 e. The third-order valence-corrected chi connectivity index (χ3v) is 6.32. The van der Waals surface area contributed by atoms with E-state index in [1.165, 1.54) is 4.90 Å². The van der Waals surface area contributed by atoms with Crippen molar-refractivity contribution >= 4 is 29.4 Å². The van der Waals surface area contributed by atoms with Crippen molar-refractivity contribution in [2.75, 3.05) is 13.2 Å². The van der Waals surface area contributed by atoms with E-state index in [0.29, 0.717) is 45.3 Å². The van der Waals surface area contributed by atoms with Gasteiger partial charge in [-0.25, -0.2) is 0 Å². The molecule has 0 aromatic rings. The number of epoxide rings is 1. The highest BCUT2D eigenvalue weighted by Crippen LogP contribution is 2.21. The first-order valence-corrected chi connectivity index (χ1v) is 11.6. The summed E-state index contributed by atoms with van der Waals surface area (Å²) in [4.78, 5) is 64.1. The number of carbonyl (C=O) groups is 5. The van der Waals surface area contributed by atoms with Crippen molar-refractivity contribution in [2.24, 2.45) is 0 Å². The maximum atomic E-state index is 13.3. The Morgan fingerprint density at radius 1 is 0.938 bits per heavy atom. The molecule has 0 spiro atoms. The SMILES string of the molecule is CC1NC(=O)C(C)NC(=O)C2CCCN2C(=O)C(CCCCCCC(=O)C2CO2)NC1=O. The van der Waals surface area contributed by atoms with Gasteiger partial charge in [0.05, 0.1) is 6.61 Å². The predicted molar refractivity (Wildman–Crippen MR) is 114 cm³/mol. The van der Waals surface area contributed by atoms with Crippen LogP contribution in [0.4, 0.5) is 0 Å². The Kier molecular flexibility index (Phi) is 8.22. The zero-order valence-electron chi connectivity index (χ0n) is 18.9. The molecule has 10 heteroatoms. The number of nitrogens with zero attached hydrogens (tertiary/aromatic N) is 1. The highest BCUT2D eigenvalue weighted by Gasteiger charge is 2.39. The lowest BCUT2D eigenvalue weighted by Gasteiger charge is -2.31. The molecule has 0 aromatic carbocycles. The van der Waals surface area contributed by atoms with Crippen LogP contribution >= 0.6 is 0 Å². The molecule has 3 aliphatic rings. The lowest BCUT2D eigenvalue weighted by Crippen LogP contribution is -2.60. The van der Waals surface area contributed by atoms with Crippen molar-refractivity contribution in [3.05, 3.63) is 0 Å². The monoisotopic (exact) mass is 450 g/mol. The molecule has 5 unspecified atom stereocenters. The molecule has 3 N–H and O–H groups in total. The topological polar surface area (TPSA) is 137 Å². The summed E-state index contributed by atoms with van der Waals surface area (Å²) in [5, 5.41) is 8.04. The Morgan fingerprint density at radius 2 is 1.56 bits per heavy atom. The Bertz CT molecular complexity index is 753. The molecule has 0 bridgehead atoms. The Morgan fingerprint density at radius 3 is 2.25 bits per heavy atom. The summed E-state index contributed by atoms with van der Waals surface area (Å²) in [6.45, 7) is 4.09. The third kappa shape index (κ3) is 6.27. The number of hydrogen-bond acceptors (Lipinski definition) is 6. The molecule has 0 radical (unpaired) electrons. The maximum Gasteiger partial charge on any atom is 0.245 e. The number of ether oxygens (including phenoxy) is 1. The van der Waals surface area contributed by atoms with Crippen LogP contribution in [0, 0.1) is 0 Å². The summed E-state index contributed by atoms with van der Waals surface area (Å²) in [7, 11) is 0. The van der Waals surface area contributed by atoms with E-state index in [0.717, 1.165) is 19.3 Å². The van der Waals surface area contributed by atoms with E-state index in [4.69, 9.17) is 4.74 Å². The second kappa shape index (κ2) is 10.9. The summed E-state index contributed by atoms with van der Waals surface area (Å²) in [5.41, 5.74) is 0. The zero-order valence-corrected chi connectivity index (χ0v) is 18.9. The van der Waals surface area contributed by atoms with E-state index >= 15 is 0 Å². The molecule has 0 aliphatic carbocycles. The number of nitrogens with one attached hydrogen (secondary N) is 3. The Hall–Kier alpha value is -2.49. The molecule has 10 nitrogen and oxygen atoms in total. The number of amides is 4.